The van der Waals surface area contributed by atoms with Gasteiger partial charge in [0, 0.05) is 32.6 Å². The summed E-state index contributed by atoms with van der Waals surface area (Å²) >= 11 is 0. The summed E-state index contributed by atoms with van der Waals surface area (Å²) in [7, 11) is 0. The van der Waals surface area contributed by atoms with E-state index in [1.54, 1.807) is 9.80 Å². The van der Waals surface area contributed by atoms with Crippen LogP contribution in [0.4, 0.5) is 4.79 Å². The summed E-state index contributed by atoms with van der Waals surface area (Å²) in [6.07, 6.45) is 1.42. The smallest absolute Gasteiger partial charge is 0.317 e. The zero-order valence-electron chi connectivity index (χ0n) is 14.1. The molecule has 0 aromatic heterocycles. The van der Waals surface area contributed by atoms with E-state index in [4.69, 9.17) is 0 Å². The third kappa shape index (κ3) is 3.38. The SMILES string of the molecule is CCN1C[C@H](NC(=O)N2CCC(O)(c3ccccc3)CC2)CC1=O. The molecule has 6 heteroatoms. The highest BCUT2D eigenvalue weighted by atomic mass is 16.3. The van der Waals surface area contributed by atoms with E-state index in [2.05, 4.69) is 5.32 Å². The summed E-state index contributed by atoms with van der Waals surface area (Å²) in [6.45, 7) is 4.23. The zero-order chi connectivity index (χ0) is 17.2. The van der Waals surface area contributed by atoms with Crippen molar-refractivity contribution in [3.8, 4) is 0 Å². The average molecular weight is 331 g/mol. The van der Waals surface area contributed by atoms with Crippen LogP contribution in [0.25, 0.3) is 0 Å². The molecule has 0 spiro atoms. The summed E-state index contributed by atoms with van der Waals surface area (Å²) in [5.41, 5.74) is 0.0467. The monoisotopic (exact) mass is 331 g/mol. The van der Waals surface area contributed by atoms with Crippen LogP contribution in [0.15, 0.2) is 30.3 Å². The number of aliphatic hydroxyl groups is 1. The third-order valence-corrected chi connectivity index (χ3v) is 5.11. The Balaban J connectivity index is 1.53. The number of rotatable bonds is 3. The van der Waals surface area contributed by atoms with E-state index in [1.807, 2.05) is 37.3 Å². The number of likely N-dealkylation sites (N-methyl/N-ethyl adjacent to an activating group) is 1. The summed E-state index contributed by atoms with van der Waals surface area (Å²) in [4.78, 5) is 27.6. The fourth-order valence-corrected chi connectivity index (χ4v) is 3.56. The molecule has 0 bridgehead atoms. The van der Waals surface area contributed by atoms with Crippen molar-refractivity contribution in [1.29, 1.82) is 0 Å². The Morgan fingerprint density at radius 1 is 1.29 bits per heavy atom. The predicted molar refractivity (Wildman–Crippen MR) is 90.3 cm³/mol. The summed E-state index contributed by atoms with van der Waals surface area (Å²) in [6, 6.07) is 9.38. The number of benzene rings is 1. The lowest BCUT2D eigenvalue weighted by molar-refractivity contribution is -0.127. The van der Waals surface area contributed by atoms with Gasteiger partial charge in [-0.2, -0.15) is 0 Å². The number of amides is 3. The van der Waals surface area contributed by atoms with Crippen LogP contribution >= 0.6 is 0 Å². The Morgan fingerprint density at radius 2 is 1.96 bits per heavy atom. The number of carbonyl (C=O) groups excluding carboxylic acids is 2. The van der Waals surface area contributed by atoms with Crippen LogP contribution in [-0.4, -0.2) is 59.1 Å². The van der Waals surface area contributed by atoms with Gasteiger partial charge in [0.25, 0.3) is 0 Å². The lowest BCUT2D eigenvalue weighted by Crippen LogP contribution is -2.51. The van der Waals surface area contributed by atoms with Crippen molar-refractivity contribution in [3.05, 3.63) is 35.9 Å². The Hall–Kier alpha value is -2.08. The maximum atomic E-state index is 12.4. The van der Waals surface area contributed by atoms with Gasteiger partial charge >= 0.3 is 6.03 Å². The first-order valence-electron chi connectivity index (χ1n) is 8.63. The van der Waals surface area contributed by atoms with Gasteiger partial charge in [-0.25, -0.2) is 4.79 Å². The van der Waals surface area contributed by atoms with Crippen molar-refractivity contribution >= 4 is 11.9 Å². The van der Waals surface area contributed by atoms with Crippen LogP contribution in [0, 0.1) is 0 Å². The van der Waals surface area contributed by atoms with Crippen LogP contribution in [0.2, 0.25) is 0 Å². The van der Waals surface area contributed by atoms with Crippen molar-refractivity contribution in [3.63, 3.8) is 0 Å². The highest BCUT2D eigenvalue weighted by Crippen LogP contribution is 2.32. The topological polar surface area (TPSA) is 72.9 Å². The Labute approximate surface area is 142 Å². The molecule has 1 aromatic carbocycles. The maximum absolute atomic E-state index is 12.4. The van der Waals surface area contributed by atoms with Crippen molar-refractivity contribution < 1.29 is 14.7 Å². The van der Waals surface area contributed by atoms with Gasteiger partial charge in [-0.1, -0.05) is 30.3 Å². The van der Waals surface area contributed by atoms with Crippen molar-refractivity contribution in [2.24, 2.45) is 0 Å². The van der Waals surface area contributed by atoms with Crippen molar-refractivity contribution in [2.75, 3.05) is 26.2 Å². The fraction of sp³-hybridized carbons (Fsp3) is 0.556. The predicted octanol–water partition coefficient (Wildman–Crippen LogP) is 1.30. The van der Waals surface area contributed by atoms with Gasteiger partial charge in [0.2, 0.25) is 5.91 Å². The highest BCUT2D eigenvalue weighted by molar-refractivity contribution is 5.81. The number of nitrogens with one attached hydrogen (secondary N) is 1. The maximum Gasteiger partial charge on any atom is 0.317 e. The molecule has 2 fully saturated rings. The van der Waals surface area contributed by atoms with Crippen LogP contribution in [-0.2, 0) is 10.4 Å². The number of urea groups is 1. The number of hydrogen-bond donors (Lipinski definition) is 2. The van der Waals surface area contributed by atoms with E-state index in [1.165, 1.54) is 0 Å². The molecular weight excluding hydrogens is 306 g/mol. The van der Waals surface area contributed by atoms with E-state index < -0.39 is 5.60 Å². The minimum atomic E-state index is -0.861. The molecular formula is C18H25N3O3. The van der Waals surface area contributed by atoms with Crippen LogP contribution < -0.4 is 5.32 Å². The number of likely N-dealkylation sites (tertiary alicyclic amines) is 2. The number of carbonyl (C=O) groups is 2. The van der Waals surface area contributed by atoms with E-state index in [0.717, 1.165) is 5.56 Å². The Kier molecular flexibility index (Phi) is 4.76. The number of hydrogen-bond acceptors (Lipinski definition) is 3. The van der Waals surface area contributed by atoms with Gasteiger partial charge in [-0.3, -0.25) is 4.79 Å². The minimum absolute atomic E-state index is 0.0971. The van der Waals surface area contributed by atoms with Gasteiger partial charge in [0.05, 0.1) is 11.6 Å². The van der Waals surface area contributed by atoms with Gasteiger partial charge in [0.15, 0.2) is 0 Å². The van der Waals surface area contributed by atoms with Crippen LogP contribution in [0.3, 0.4) is 0 Å². The highest BCUT2D eigenvalue weighted by Gasteiger charge is 2.36. The molecule has 0 radical (unpaired) electrons. The van der Waals surface area contributed by atoms with E-state index in [9.17, 15) is 14.7 Å². The van der Waals surface area contributed by atoms with Gasteiger partial charge in [0.1, 0.15) is 0 Å². The molecule has 2 heterocycles. The summed E-state index contributed by atoms with van der Waals surface area (Å²) in [5.74, 6) is 0.0971. The van der Waals surface area contributed by atoms with Crippen LogP contribution in [0.5, 0.6) is 0 Å². The second-order valence-corrected chi connectivity index (χ2v) is 6.67. The average Bonchev–Trinajstić information content (AvgIpc) is 2.95. The molecule has 0 unspecified atom stereocenters. The molecule has 6 nitrogen and oxygen atoms in total. The Morgan fingerprint density at radius 3 is 2.54 bits per heavy atom. The molecule has 24 heavy (non-hydrogen) atoms. The normalized spacial score (nSPS) is 23.4. The van der Waals surface area contributed by atoms with E-state index >= 15 is 0 Å². The summed E-state index contributed by atoms with van der Waals surface area (Å²) < 4.78 is 0. The molecule has 130 valence electrons. The van der Waals surface area contributed by atoms with Crippen molar-refractivity contribution in [1.82, 2.24) is 15.1 Å². The second-order valence-electron chi connectivity index (χ2n) is 6.67. The molecule has 2 saturated heterocycles. The second kappa shape index (κ2) is 6.81. The van der Waals surface area contributed by atoms with Crippen molar-refractivity contribution in [2.45, 2.75) is 37.8 Å². The molecule has 1 atom stereocenters. The van der Waals surface area contributed by atoms with Gasteiger partial charge < -0.3 is 20.2 Å². The molecule has 2 aliphatic rings. The zero-order valence-corrected chi connectivity index (χ0v) is 14.1. The molecule has 3 amide bonds. The number of piperidine rings is 1. The molecule has 0 aliphatic carbocycles. The molecule has 1 aromatic rings. The lowest BCUT2D eigenvalue weighted by atomic mass is 9.84. The summed E-state index contributed by atoms with van der Waals surface area (Å²) in [5, 5.41) is 13.8. The van der Waals surface area contributed by atoms with Gasteiger partial charge in [-0.05, 0) is 25.3 Å². The first kappa shape index (κ1) is 16.8. The standard InChI is InChI=1S/C18H25N3O3/c1-2-20-13-15(12-16(20)22)19-17(23)21-10-8-18(24,9-11-21)14-6-4-3-5-7-14/h3-7,15,24H,2,8-13H2,1H3,(H,19,23)/t15-/m1/s1. The molecule has 0 saturated carbocycles. The largest absolute Gasteiger partial charge is 0.385 e. The molecule has 3 rings (SSSR count). The van der Waals surface area contributed by atoms with E-state index in [-0.39, 0.29) is 18.0 Å². The Bertz CT molecular complexity index is 597. The van der Waals surface area contributed by atoms with Gasteiger partial charge in [-0.15, -0.1) is 0 Å². The number of nitrogens with zero attached hydrogens (tertiary/aromatic N) is 2. The lowest BCUT2D eigenvalue weighted by Gasteiger charge is -2.38. The van der Waals surface area contributed by atoms with Crippen LogP contribution in [0.1, 0.15) is 31.7 Å². The molecule has 2 N–H and O–H groups in total. The quantitative estimate of drug-likeness (QED) is 0.877. The third-order valence-electron chi connectivity index (χ3n) is 5.11. The fourth-order valence-electron chi connectivity index (χ4n) is 3.56. The first-order chi connectivity index (χ1) is 11.5. The van der Waals surface area contributed by atoms with E-state index in [0.29, 0.717) is 45.4 Å². The minimum Gasteiger partial charge on any atom is -0.385 e. The first-order valence-corrected chi connectivity index (χ1v) is 8.63. The molecule has 2 aliphatic heterocycles.